The summed E-state index contributed by atoms with van der Waals surface area (Å²) in [6, 6.07) is 9.08. The first-order valence-electron chi connectivity index (χ1n) is 10.3. The van der Waals surface area contributed by atoms with Gasteiger partial charge in [-0.2, -0.15) is 5.10 Å². The Morgan fingerprint density at radius 3 is 2.66 bits per heavy atom. The summed E-state index contributed by atoms with van der Waals surface area (Å²) < 4.78 is 55.9. The van der Waals surface area contributed by atoms with Crippen LogP contribution >= 0.6 is 11.6 Å². The van der Waals surface area contributed by atoms with Gasteiger partial charge in [0.2, 0.25) is 5.91 Å². The first-order valence-corrected chi connectivity index (χ1v) is 10.7. The van der Waals surface area contributed by atoms with Gasteiger partial charge in [0.05, 0.1) is 11.6 Å². The molecule has 8 nitrogen and oxygen atoms in total. The molecule has 1 aliphatic heterocycles. The van der Waals surface area contributed by atoms with E-state index in [1.54, 1.807) is 6.92 Å². The number of nitrogens with zero attached hydrogens (tertiary/aromatic N) is 3. The summed E-state index contributed by atoms with van der Waals surface area (Å²) in [7, 11) is 0. The highest BCUT2D eigenvalue weighted by molar-refractivity contribution is 6.30. The normalized spacial score (nSPS) is 13.9. The Bertz CT molecular complexity index is 1510. The van der Waals surface area contributed by atoms with Crippen molar-refractivity contribution in [3.63, 3.8) is 0 Å². The first-order chi connectivity index (χ1) is 16.6. The van der Waals surface area contributed by atoms with Crippen LogP contribution in [0.5, 0.6) is 11.5 Å². The first kappa shape index (κ1) is 22.8. The molecule has 0 unspecified atom stereocenters. The molecule has 0 spiro atoms. The molecule has 0 saturated heterocycles. The van der Waals surface area contributed by atoms with Gasteiger partial charge >= 0.3 is 6.29 Å². The van der Waals surface area contributed by atoms with Gasteiger partial charge in [-0.05, 0) is 43.3 Å². The van der Waals surface area contributed by atoms with Gasteiger partial charge in [0.15, 0.2) is 17.1 Å². The van der Waals surface area contributed by atoms with Gasteiger partial charge in [0.1, 0.15) is 18.1 Å². The Balaban J connectivity index is 1.51. The van der Waals surface area contributed by atoms with Crippen molar-refractivity contribution in [2.45, 2.75) is 19.8 Å². The number of hydrogen-bond donors (Lipinski definition) is 0. The van der Waals surface area contributed by atoms with Crippen molar-refractivity contribution in [2.75, 3.05) is 11.4 Å². The number of rotatable bonds is 5. The third kappa shape index (κ3) is 4.18. The van der Waals surface area contributed by atoms with Gasteiger partial charge in [-0.3, -0.25) is 9.59 Å². The number of amides is 1. The molecule has 4 aromatic rings. The number of furan rings is 1. The maximum Gasteiger partial charge on any atom is 0.586 e. The molecular weight excluding hydrogens is 491 g/mol. The Morgan fingerprint density at radius 1 is 1.14 bits per heavy atom. The molecule has 5 rings (SSSR count). The smallest absolute Gasteiger partial charge is 0.462 e. The van der Waals surface area contributed by atoms with Crippen LogP contribution in [0.1, 0.15) is 6.92 Å². The van der Waals surface area contributed by atoms with E-state index in [-0.39, 0.29) is 51.0 Å². The number of carbonyl (C=O) groups excluding carboxylic acids is 1. The van der Waals surface area contributed by atoms with Crippen LogP contribution in [0.4, 0.5) is 18.9 Å². The monoisotopic (exact) mass is 505 g/mol. The summed E-state index contributed by atoms with van der Waals surface area (Å²) in [6.07, 6.45) is -2.51. The molecule has 3 heterocycles. The summed E-state index contributed by atoms with van der Waals surface area (Å²) >= 11 is 5.97. The van der Waals surface area contributed by atoms with Gasteiger partial charge in [0.25, 0.3) is 5.56 Å². The molecule has 12 heteroatoms. The number of hydrogen-bond acceptors (Lipinski definition) is 6. The van der Waals surface area contributed by atoms with Crippen LogP contribution in [0.2, 0.25) is 5.02 Å². The Kier molecular flexibility index (Phi) is 5.43. The van der Waals surface area contributed by atoms with Crippen LogP contribution in [-0.2, 0) is 11.3 Å². The molecule has 0 atom stereocenters. The van der Waals surface area contributed by atoms with Gasteiger partial charge in [-0.1, -0.05) is 11.6 Å². The van der Waals surface area contributed by atoms with E-state index in [0.29, 0.717) is 0 Å². The number of halogens is 4. The highest BCUT2D eigenvalue weighted by Gasteiger charge is 2.43. The zero-order chi connectivity index (χ0) is 24.9. The minimum atomic E-state index is -3.80. The maximum atomic E-state index is 14.0. The standard InChI is InChI=1S/C23H15ClF3N3O5/c1-2-29(15-3-4-17-18(10-15)35-23(26,27)34-17)19(31)11-30-22(32)16-5-6-33-21(16)20(28-30)12-7-13(24)9-14(25)8-12/h3-10H,2,11H2,1H3. The second-order valence-corrected chi connectivity index (χ2v) is 8.01. The molecule has 1 aliphatic rings. The third-order valence-corrected chi connectivity index (χ3v) is 5.52. The number of ether oxygens (including phenoxy) is 2. The van der Waals surface area contributed by atoms with Gasteiger partial charge < -0.3 is 18.8 Å². The molecule has 180 valence electrons. The lowest BCUT2D eigenvalue weighted by molar-refractivity contribution is -0.286. The van der Waals surface area contributed by atoms with E-state index in [2.05, 4.69) is 14.6 Å². The van der Waals surface area contributed by atoms with Crippen molar-refractivity contribution in [3.05, 3.63) is 69.9 Å². The Morgan fingerprint density at radius 2 is 1.91 bits per heavy atom. The van der Waals surface area contributed by atoms with Crippen LogP contribution in [-0.4, -0.2) is 28.5 Å². The van der Waals surface area contributed by atoms with Crippen molar-refractivity contribution in [2.24, 2.45) is 0 Å². The number of fused-ring (bicyclic) bond motifs is 2. The SMILES string of the molecule is CCN(C(=O)Cn1nc(-c2cc(F)cc(Cl)c2)c2occc2c1=O)c1ccc2c(c1)OC(F)(F)O2. The van der Waals surface area contributed by atoms with Gasteiger partial charge in [-0.15, -0.1) is 8.78 Å². The molecule has 1 amide bonds. The summed E-state index contributed by atoms with van der Waals surface area (Å²) in [4.78, 5) is 27.4. The van der Waals surface area contributed by atoms with Crippen LogP contribution in [0.3, 0.4) is 0 Å². The molecule has 0 radical (unpaired) electrons. The second-order valence-electron chi connectivity index (χ2n) is 7.57. The summed E-state index contributed by atoms with van der Waals surface area (Å²) in [6.45, 7) is 1.34. The topological polar surface area (TPSA) is 86.8 Å². The highest BCUT2D eigenvalue weighted by Crippen LogP contribution is 2.42. The van der Waals surface area contributed by atoms with E-state index in [9.17, 15) is 22.8 Å². The number of aromatic nitrogens is 2. The molecule has 0 bridgehead atoms. The Labute approximate surface area is 200 Å². The second kappa shape index (κ2) is 8.35. The molecule has 2 aromatic carbocycles. The lowest BCUT2D eigenvalue weighted by Crippen LogP contribution is -2.37. The van der Waals surface area contributed by atoms with Crippen LogP contribution in [0.15, 0.2) is 57.9 Å². The number of likely N-dealkylation sites (N-methyl/N-ethyl adjacent to an activating group) is 1. The highest BCUT2D eigenvalue weighted by atomic mass is 35.5. The molecule has 0 fully saturated rings. The number of carbonyl (C=O) groups is 1. The fourth-order valence-corrected chi connectivity index (χ4v) is 4.04. The molecule has 0 aliphatic carbocycles. The molecule has 0 saturated carbocycles. The van der Waals surface area contributed by atoms with Crippen LogP contribution < -0.4 is 19.9 Å². The number of alkyl halides is 2. The van der Waals surface area contributed by atoms with E-state index in [1.165, 1.54) is 47.6 Å². The van der Waals surface area contributed by atoms with E-state index in [1.807, 2.05) is 0 Å². The molecular formula is C23H15ClF3N3O5. The third-order valence-electron chi connectivity index (χ3n) is 5.30. The van der Waals surface area contributed by atoms with E-state index in [0.717, 1.165) is 10.7 Å². The predicted octanol–water partition coefficient (Wildman–Crippen LogP) is 4.82. The van der Waals surface area contributed by atoms with Crippen LogP contribution in [0, 0.1) is 5.82 Å². The zero-order valence-electron chi connectivity index (χ0n) is 17.9. The Hall–Kier alpha value is -3.99. The van der Waals surface area contributed by atoms with E-state index >= 15 is 0 Å². The summed E-state index contributed by atoms with van der Waals surface area (Å²) in [5, 5.41) is 4.49. The summed E-state index contributed by atoms with van der Waals surface area (Å²) in [5.41, 5.74) is 0.138. The minimum Gasteiger partial charge on any atom is -0.462 e. The number of benzene rings is 2. The van der Waals surface area contributed by atoms with Crippen molar-refractivity contribution < 1.29 is 31.9 Å². The average molecular weight is 506 g/mol. The van der Waals surface area contributed by atoms with E-state index in [4.69, 9.17) is 16.0 Å². The lowest BCUT2D eigenvalue weighted by atomic mass is 10.1. The van der Waals surface area contributed by atoms with Crippen molar-refractivity contribution in [3.8, 4) is 22.8 Å². The largest absolute Gasteiger partial charge is 0.586 e. The fourth-order valence-electron chi connectivity index (χ4n) is 3.82. The van der Waals surface area contributed by atoms with E-state index < -0.39 is 30.1 Å². The molecule has 0 N–H and O–H groups in total. The van der Waals surface area contributed by atoms with Gasteiger partial charge in [0, 0.05) is 28.9 Å². The van der Waals surface area contributed by atoms with Crippen molar-refractivity contribution in [1.29, 1.82) is 0 Å². The summed E-state index contributed by atoms with van der Waals surface area (Å²) in [5.74, 6) is -1.56. The van der Waals surface area contributed by atoms with Gasteiger partial charge in [-0.25, -0.2) is 9.07 Å². The maximum absolute atomic E-state index is 14.0. The lowest BCUT2D eigenvalue weighted by Gasteiger charge is -2.21. The van der Waals surface area contributed by atoms with Crippen molar-refractivity contribution >= 4 is 34.2 Å². The minimum absolute atomic E-state index is 0.112. The predicted molar refractivity (Wildman–Crippen MR) is 119 cm³/mol. The fraction of sp³-hybridized carbons (Fsp3) is 0.174. The molecule has 2 aromatic heterocycles. The average Bonchev–Trinajstić information content (AvgIpc) is 3.38. The van der Waals surface area contributed by atoms with Crippen LogP contribution in [0.25, 0.3) is 22.2 Å². The zero-order valence-corrected chi connectivity index (χ0v) is 18.7. The molecule has 35 heavy (non-hydrogen) atoms. The van der Waals surface area contributed by atoms with Crippen molar-refractivity contribution in [1.82, 2.24) is 9.78 Å². The quantitative estimate of drug-likeness (QED) is 0.386. The number of anilines is 1.